The average Bonchev–Trinajstić information content (AvgIpc) is 2.43. The van der Waals surface area contributed by atoms with Crippen LogP contribution in [0.2, 0.25) is 0 Å². The first-order chi connectivity index (χ1) is 10.2. The molecule has 1 aliphatic rings. The number of carbonyl (C=O) groups excluding carboxylic acids is 1. The largest absolute Gasteiger partial charge is 0.480 e. The van der Waals surface area contributed by atoms with Crippen LogP contribution in [-0.4, -0.2) is 29.2 Å². The lowest BCUT2D eigenvalue weighted by molar-refractivity contribution is -0.160. The Bertz CT molecular complexity index is 379. The van der Waals surface area contributed by atoms with E-state index in [4.69, 9.17) is 5.11 Å². The van der Waals surface area contributed by atoms with Gasteiger partial charge in [-0.2, -0.15) is 13.2 Å². The van der Waals surface area contributed by atoms with Gasteiger partial charge in [-0.05, 0) is 18.8 Å². The number of alkyl halides is 3. The van der Waals surface area contributed by atoms with Crippen LogP contribution in [0, 0.1) is 11.8 Å². The first-order valence-electron chi connectivity index (χ1n) is 7.82. The van der Waals surface area contributed by atoms with Crippen LogP contribution >= 0.6 is 0 Å². The van der Waals surface area contributed by atoms with Gasteiger partial charge in [-0.25, -0.2) is 4.79 Å². The first kappa shape index (κ1) is 18.8. The second-order valence-corrected chi connectivity index (χ2v) is 6.06. The van der Waals surface area contributed by atoms with Gasteiger partial charge in [-0.3, -0.25) is 4.79 Å². The predicted octanol–water partition coefficient (Wildman–Crippen LogP) is 3.50. The summed E-state index contributed by atoms with van der Waals surface area (Å²) in [6, 6.07) is -1.91. The highest BCUT2D eigenvalue weighted by molar-refractivity contribution is 5.85. The summed E-state index contributed by atoms with van der Waals surface area (Å²) in [4.78, 5) is 23.0. The lowest BCUT2D eigenvalue weighted by Crippen LogP contribution is -2.46. The van der Waals surface area contributed by atoms with E-state index >= 15 is 0 Å². The summed E-state index contributed by atoms with van der Waals surface area (Å²) >= 11 is 0. The molecule has 0 bridgehead atoms. The number of halogens is 3. The number of hydrogen-bond donors (Lipinski definition) is 2. The summed E-state index contributed by atoms with van der Waals surface area (Å²) in [5.41, 5.74) is 0. The van der Waals surface area contributed by atoms with E-state index in [9.17, 15) is 22.8 Å². The molecule has 0 saturated heterocycles. The zero-order valence-electron chi connectivity index (χ0n) is 12.8. The Morgan fingerprint density at radius 3 is 2.27 bits per heavy atom. The molecule has 0 aliphatic heterocycles. The molecule has 0 spiro atoms. The molecule has 0 aromatic carbocycles. The molecule has 1 fully saturated rings. The van der Waals surface area contributed by atoms with Crippen molar-refractivity contribution in [2.45, 2.75) is 70.5 Å². The maximum absolute atomic E-state index is 12.4. The highest BCUT2D eigenvalue weighted by Crippen LogP contribution is 2.30. The van der Waals surface area contributed by atoms with Crippen molar-refractivity contribution in [2.75, 3.05) is 0 Å². The Kier molecular flexibility index (Phi) is 7.16. The molecule has 0 heterocycles. The minimum absolute atomic E-state index is 0.412. The van der Waals surface area contributed by atoms with Crippen LogP contribution in [0.3, 0.4) is 0 Å². The highest BCUT2D eigenvalue weighted by Gasteiger charge is 2.37. The minimum Gasteiger partial charge on any atom is -0.480 e. The van der Waals surface area contributed by atoms with Crippen LogP contribution in [0.25, 0.3) is 0 Å². The van der Waals surface area contributed by atoms with E-state index in [1.54, 1.807) is 6.92 Å². The number of carboxylic acid groups (broad SMARTS) is 1. The zero-order valence-corrected chi connectivity index (χ0v) is 12.8. The van der Waals surface area contributed by atoms with E-state index in [2.05, 4.69) is 5.32 Å². The minimum atomic E-state index is -4.62. The molecule has 22 heavy (non-hydrogen) atoms. The average molecular weight is 323 g/mol. The Labute approximate surface area is 128 Å². The smallest absolute Gasteiger partial charge is 0.391 e. The van der Waals surface area contributed by atoms with Gasteiger partial charge in [0, 0.05) is 5.92 Å². The number of carbonyl (C=O) groups is 2. The van der Waals surface area contributed by atoms with E-state index in [1.807, 2.05) is 0 Å². The molecule has 4 nitrogen and oxygen atoms in total. The topological polar surface area (TPSA) is 66.4 Å². The van der Waals surface area contributed by atoms with Gasteiger partial charge in [0.15, 0.2) is 0 Å². The summed E-state index contributed by atoms with van der Waals surface area (Å²) in [5.74, 6) is -2.24. The second-order valence-electron chi connectivity index (χ2n) is 6.06. The number of carboxylic acids is 1. The van der Waals surface area contributed by atoms with Gasteiger partial charge < -0.3 is 10.4 Å². The Morgan fingerprint density at radius 2 is 1.82 bits per heavy atom. The van der Waals surface area contributed by atoms with Crippen molar-refractivity contribution in [3.8, 4) is 0 Å². The van der Waals surface area contributed by atoms with E-state index < -0.39 is 36.4 Å². The third-order valence-electron chi connectivity index (χ3n) is 4.26. The molecule has 2 N–H and O–H groups in total. The normalized spacial score (nSPS) is 19.5. The van der Waals surface area contributed by atoms with Gasteiger partial charge in [0.2, 0.25) is 5.91 Å². The molecule has 2 atom stereocenters. The zero-order chi connectivity index (χ0) is 16.8. The molecule has 0 radical (unpaired) electrons. The molecule has 0 aromatic rings. The Balaban J connectivity index is 2.59. The quantitative estimate of drug-likeness (QED) is 0.753. The van der Waals surface area contributed by atoms with Crippen molar-refractivity contribution in [1.29, 1.82) is 0 Å². The lowest BCUT2D eigenvalue weighted by Gasteiger charge is -2.26. The molecule has 1 amide bonds. The molecule has 7 heteroatoms. The van der Waals surface area contributed by atoms with Gasteiger partial charge in [0.25, 0.3) is 0 Å². The Hall–Kier alpha value is -1.27. The van der Waals surface area contributed by atoms with Gasteiger partial charge in [-0.1, -0.05) is 39.0 Å². The predicted molar refractivity (Wildman–Crippen MR) is 75.2 cm³/mol. The second kappa shape index (κ2) is 8.39. The van der Waals surface area contributed by atoms with Gasteiger partial charge >= 0.3 is 12.1 Å². The molecule has 128 valence electrons. The summed E-state index contributed by atoms with van der Waals surface area (Å²) in [6.45, 7) is 1.80. The number of rotatable bonds is 7. The van der Waals surface area contributed by atoms with Crippen molar-refractivity contribution in [3.63, 3.8) is 0 Å². The van der Waals surface area contributed by atoms with Crippen molar-refractivity contribution in [3.05, 3.63) is 0 Å². The summed E-state index contributed by atoms with van der Waals surface area (Å²) in [6.07, 6.45) is 0.454. The van der Waals surface area contributed by atoms with Crippen LogP contribution < -0.4 is 5.32 Å². The van der Waals surface area contributed by atoms with E-state index in [0.717, 1.165) is 25.7 Å². The first-order valence-corrected chi connectivity index (χ1v) is 7.82. The summed E-state index contributed by atoms with van der Waals surface area (Å²) in [5, 5.41) is 10.9. The van der Waals surface area contributed by atoms with Crippen LogP contribution in [0.1, 0.15) is 58.3 Å². The lowest BCUT2D eigenvalue weighted by atomic mass is 9.81. The maximum Gasteiger partial charge on any atom is 0.391 e. The summed E-state index contributed by atoms with van der Waals surface area (Å²) in [7, 11) is 0. The molecule has 0 aromatic heterocycles. The molecule has 1 rings (SSSR count). The third kappa shape index (κ3) is 6.66. The maximum atomic E-state index is 12.4. The number of amides is 1. The van der Waals surface area contributed by atoms with Crippen LogP contribution in [0.4, 0.5) is 13.2 Å². The molecular weight excluding hydrogens is 299 g/mol. The fourth-order valence-corrected chi connectivity index (χ4v) is 3.01. The standard InChI is InChI=1S/C15H24F3NO3/c1-2-11(8-10-6-4-3-5-7-10)13(20)19-12(14(21)22)9-15(16,17)18/h10-12H,2-9H2,1H3,(H,19,20)(H,21,22). The summed E-state index contributed by atoms with van der Waals surface area (Å²) < 4.78 is 37.1. The molecule has 1 saturated carbocycles. The Morgan fingerprint density at radius 1 is 1.23 bits per heavy atom. The molecule has 1 aliphatic carbocycles. The third-order valence-corrected chi connectivity index (χ3v) is 4.26. The monoisotopic (exact) mass is 323 g/mol. The number of aliphatic carboxylic acids is 1. The van der Waals surface area contributed by atoms with Gasteiger partial charge in [0.05, 0.1) is 6.42 Å². The van der Waals surface area contributed by atoms with Crippen molar-refractivity contribution >= 4 is 11.9 Å². The van der Waals surface area contributed by atoms with Crippen LogP contribution in [0.5, 0.6) is 0 Å². The SMILES string of the molecule is CCC(CC1CCCCC1)C(=O)NC(CC(F)(F)F)C(=O)O. The van der Waals surface area contributed by atoms with Gasteiger partial charge in [-0.15, -0.1) is 0 Å². The number of hydrogen-bond acceptors (Lipinski definition) is 2. The van der Waals surface area contributed by atoms with Gasteiger partial charge in [0.1, 0.15) is 6.04 Å². The van der Waals surface area contributed by atoms with E-state index in [0.29, 0.717) is 18.8 Å². The van der Waals surface area contributed by atoms with Crippen LogP contribution in [-0.2, 0) is 9.59 Å². The van der Waals surface area contributed by atoms with Crippen molar-refractivity contribution in [2.24, 2.45) is 11.8 Å². The molecule has 2 unspecified atom stereocenters. The van der Waals surface area contributed by atoms with Crippen molar-refractivity contribution in [1.82, 2.24) is 5.32 Å². The van der Waals surface area contributed by atoms with Crippen LogP contribution in [0.15, 0.2) is 0 Å². The van der Waals surface area contributed by atoms with Crippen molar-refractivity contribution < 1.29 is 27.9 Å². The fraction of sp³-hybridized carbons (Fsp3) is 0.867. The van der Waals surface area contributed by atoms with E-state index in [1.165, 1.54) is 6.42 Å². The molecular formula is C15H24F3NO3. The fourth-order valence-electron chi connectivity index (χ4n) is 3.01. The van der Waals surface area contributed by atoms with E-state index in [-0.39, 0.29) is 0 Å². The highest BCUT2D eigenvalue weighted by atomic mass is 19.4. The number of nitrogens with one attached hydrogen (secondary N) is 1.